The average molecular weight is 252 g/mol. The van der Waals surface area contributed by atoms with E-state index < -0.39 is 16.8 Å². The quantitative estimate of drug-likeness (QED) is 0.362. The lowest BCUT2D eigenvalue weighted by Gasteiger charge is -2.03. The van der Waals surface area contributed by atoms with E-state index in [9.17, 15) is 19.7 Å². The zero-order chi connectivity index (χ0) is 13.5. The number of carbonyl (C=O) groups is 2. The third kappa shape index (κ3) is 3.85. The van der Waals surface area contributed by atoms with Gasteiger partial charge in [-0.15, -0.1) is 0 Å². The lowest BCUT2D eigenvalue weighted by Crippen LogP contribution is -2.33. The van der Waals surface area contributed by atoms with Crippen LogP contribution in [0.1, 0.15) is 5.56 Å². The monoisotopic (exact) mass is 252 g/mol. The summed E-state index contributed by atoms with van der Waals surface area (Å²) in [6.45, 7) is 0.256. The molecule has 0 heterocycles. The number of non-ortho nitro benzene ring substituents is 1. The molecule has 1 aromatic rings. The van der Waals surface area contributed by atoms with Gasteiger partial charge in [-0.05, 0) is 12.0 Å². The van der Waals surface area contributed by atoms with E-state index in [1.807, 2.05) is 0 Å². The number of benzene rings is 1. The van der Waals surface area contributed by atoms with E-state index in [0.29, 0.717) is 6.42 Å². The van der Waals surface area contributed by atoms with Gasteiger partial charge in [0.2, 0.25) is 0 Å². The molecule has 0 aliphatic carbocycles. The summed E-state index contributed by atoms with van der Waals surface area (Å²) in [6.07, 6.45) is 0.473. The Morgan fingerprint density at radius 1 is 1.33 bits per heavy atom. The maximum atomic E-state index is 11.0. The number of nitro benzene ring substituents is 1. The summed E-state index contributed by atoms with van der Waals surface area (Å²) in [5.74, 6) is -1.75. The highest BCUT2D eigenvalue weighted by molar-refractivity contribution is 6.32. The fraction of sp³-hybridized carbons (Fsp3) is 0.273. The minimum Gasteiger partial charge on any atom is -0.462 e. The first-order valence-corrected chi connectivity index (χ1v) is 5.14. The van der Waals surface area contributed by atoms with Gasteiger partial charge in [-0.2, -0.15) is 0 Å². The van der Waals surface area contributed by atoms with E-state index in [1.165, 1.54) is 12.1 Å². The van der Waals surface area contributed by atoms with Crippen molar-refractivity contribution in [2.75, 3.05) is 13.7 Å². The molecule has 0 saturated carbocycles. The van der Waals surface area contributed by atoms with Crippen LogP contribution < -0.4 is 5.32 Å². The van der Waals surface area contributed by atoms with Crippen molar-refractivity contribution in [1.29, 1.82) is 0 Å². The minimum absolute atomic E-state index is 0.0114. The summed E-state index contributed by atoms with van der Waals surface area (Å²) in [5.41, 5.74) is 0.836. The number of hydrogen-bond donors (Lipinski definition) is 1. The standard InChI is InChI=1S/C11H12N2O5/c1-18-11(15)10(14)12-7-6-8-2-4-9(5-3-8)13(16)17/h2-5H,6-7H2,1H3,(H,12,14). The van der Waals surface area contributed by atoms with Gasteiger partial charge in [0.05, 0.1) is 12.0 Å². The van der Waals surface area contributed by atoms with Crippen molar-refractivity contribution >= 4 is 17.6 Å². The van der Waals surface area contributed by atoms with Crippen LogP contribution in [0.2, 0.25) is 0 Å². The molecular weight excluding hydrogens is 240 g/mol. The highest BCUT2D eigenvalue weighted by atomic mass is 16.6. The van der Waals surface area contributed by atoms with Gasteiger partial charge in [-0.3, -0.25) is 14.9 Å². The lowest BCUT2D eigenvalue weighted by molar-refractivity contribution is -0.384. The molecule has 0 bridgehead atoms. The van der Waals surface area contributed by atoms with Crippen molar-refractivity contribution < 1.29 is 19.2 Å². The average Bonchev–Trinajstić information content (AvgIpc) is 2.38. The smallest absolute Gasteiger partial charge is 0.396 e. The van der Waals surface area contributed by atoms with Crippen LogP contribution in [0.5, 0.6) is 0 Å². The van der Waals surface area contributed by atoms with Crippen LogP contribution in [-0.4, -0.2) is 30.5 Å². The van der Waals surface area contributed by atoms with Crippen molar-refractivity contribution in [3.8, 4) is 0 Å². The Kier molecular flexibility index (Phi) is 4.79. The largest absolute Gasteiger partial charge is 0.462 e. The molecule has 0 radical (unpaired) electrons. The summed E-state index contributed by atoms with van der Waals surface area (Å²) in [4.78, 5) is 31.7. The van der Waals surface area contributed by atoms with Crippen molar-refractivity contribution in [3.05, 3.63) is 39.9 Å². The second-order valence-electron chi connectivity index (χ2n) is 3.42. The zero-order valence-electron chi connectivity index (χ0n) is 9.71. The Bertz CT molecular complexity index is 455. The first-order valence-electron chi connectivity index (χ1n) is 5.14. The van der Waals surface area contributed by atoms with Crippen LogP contribution in [0.15, 0.2) is 24.3 Å². The van der Waals surface area contributed by atoms with Crippen LogP contribution in [0, 0.1) is 10.1 Å². The van der Waals surface area contributed by atoms with Crippen LogP contribution in [-0.2, 0) is 20.7 Å². The number of nitrogens with one attached hydrogen (secondary N) is 1. The molecule has 1 N–H and O–H groups in total. The molecule has 18 heavy (non-hydrogen) atoms. The fourth-order valence-corrected chi connectivity index (χ4v) is 1.27. The topological polar surface area (TPSA) is 98.5 Å². The van der Waals surface area contributed by atoms with Gasteiger partial charge in [-0.1, -0.05) is 12.1 Å². The number of amides is 1. The maximum Gasteiger partial charge on any atom is 0.396 e. The van der Waals surface area contributed by atoms with Crippen LogP contribution >= 0.6 is 0 Å². The molecule has 96 valence electrons. The van der Waals surface area contributed by atoms with Gasteiger partial charge >= 0.3 is 11.9 Å². The summed E-state index contributed by atoms with van der Waals surface area (Å²) < 4.78 is 4.23. The van der Waals surface area contributed by atoms with Gasteiger partial charge in [0.1, 0.15) is 0 Å². The number of ether oxygens (including phenoxy) is 1. The summed E-state index contributed by atoms with van der Waals surface area (Å²) in [6, 6.07) is 5.97. The van der Waals surface area contributed by atoms with E-state index in [0.717, 1.165) is 12.7 Å². The molecule has 1 rings (SSSR count). The van der Waals surface area contributed by atoms with Gasteiger partial charge in [-0.25, -0.2) is 4.79 Å². The fourth-order valence-electron chi connectivity index (χ4n) is 1.27. The zero-order valence-corrected chi connectivity index (χ0v) is 9.71. The van der Waals surface area contributed by atoms with Crippen molar-refractivity contribution in [1.82, 2.24) is 5.32 Å². The molecule has 0 spiro atoms. The molecule has 0 aliphatic heterocycles. The Hall–Kier alpha value is -2.44. The number of hydrogen-bond acceptors (Lipinski definition) is 5. The van der Waals surface area contributed by atoms with E-state index in [-0.39, 0.29) is 12.2 Å². The number of esters is 1. The van der Waals surface area contributed by atoms with Crippen molar-refractivity contribution in [3.63, 3.8) is 0 Å². The SMILES string of the molecule is COC(=O)C(=O)NCCc1ccc([N+](=O)[O-])cc1. The summed E-state index contributed by atoms with van der Waals surface area (Å²) >= 11 is 0. The highest BCUT2D eigenvalue weighted by Gasteiger charge is 2.12. The minimum atomic E-state index is -0.946. The highest BCUT2D eigenvalue weighted by Crippen LogP contribution is 2.11. The van der Waals surface area contributed by atoms with E-state index in [2.05, 4.69) is 10.1 Å². The maximum absolute atomic E-state index is 11.0. The first-order chi connectivity index (χ1) is 8.54. The van der Waals surface area contributed by atoms with E-state index in [4.69, 9.17) is 0 Å². The predicted molar refractivity (Wildman–Crippen MR) is 61.8 cm³/mol. The van der Waals surface area contributed by atoms with E-state index in [1.54, 1.807) is 12.1 Å². The number of nitrogens with zero attached hydrogens (tertiary/aromatic N) is 1. The molecule has 1 amide bonds. The molecule has 7 nitrogen and oxygen atoms in total. The predicted octanol–water partition coefficient (Wildman–Crippen LogP) is 0.426. The molecule has 0 fully saturated rings. The molecular formula is C11H12N2O5. The van der Waals surface area contributed by atoms with Crippen molar-refractivity contribution in [2.45, 2.75) is 6.42 Å². The number of methoxy groups -OCH3 is 1. The molecule has 0 unspecified atom stereocenters. The van der Waals surface area contributed by atoms with Gasteiger partial charge in [0.25, 0.3) is 5.69 Å². The first kappa shape index (κ1) is 13.6. The number of nitro groups is 1. The third-order valence-electron chi connectivity index (χ3n) is 2.22. The Balaban J connectivity index is 2.42. The molecule has 7 heteroatoms. The molecule has 0 aromatic heterocycles. The second kappa shape index (κ2) is 6.33. The normalized spacial score (nSPS) is 9.61. The second-order valence-corrected chi connectivity index (χ2v) is 3.42. The summed E-state index contributed by atoms with van der Waals surface area (Å²) in [5, 5.41) is 12.8. The van der Waals surface area contributed by atoms with E-state index >= 15 is 0 Å². The Morgan fingerprint density at radius 2 is 1.94 bits per heavy atom. The number of rotatable bonds is 4. The van der Waals surface area contributed by atoms with Gasteiger partial charge < -0.3 is 10.1 Å². The van der Waals surface area contributed by atoms with Crippen LogP contribution in [0.25, 0.3) is 0 Å². The van der Waals surface area contributed by atoms with Crippen molar-refractivity contribution in [2.24, 2.45) is 0 Å². The number of carbonyl (C=O) groups excluding carboxylic acids is 2. The Labute approximate surface area is 103 Å². The molecule has 0 saturated heterocycles. The van der Waals surface area contributed by atoms with Crippen LogP contribution in [0.3, 0.4) is 0 Å². The molecule has 1 aromatic carbocycles. The molecule has 0 atom stereocenters. The van der Waals surface area contributed by atoms with Gasteiger partial charge in [0, 0.05) is 18.7 Å². The Morgan fingerprint density at radius 3 is 2.44 bits per heavy atom. The molecule has 0 aliphatic rings. The van der Waals surface area contributed by atoms with Gasteiger partial charge in [0.15, 0.2) is 0 Å². The van der Waals surface area contributed by atoms with Crippen LogP contribution in [0.4, 0.5) is 5.69 Å². The third-order valence-corrected chi connectivity index (χ3v) is 2.22. The summed E-state index contributed by atoms with van der Waals surface area (Å²) in [7, 11) is 1.12. The lowest BCUT2D eigenvalue weighted by atomic mass is 10.1.